The highest BCUT2D eigenvalue weighted by Crippen LogP contribution is 2.29. The number of nitrogens with zero attached hydrogens (tertiary/aromatic N) is 2. The van der Waals surface area contributed by atoms with E-state index in [1.54, 1.807) is 11.3 Å². The minimum atomic E-state index is 0.346. The Hall–Kier alpha value is -2.28. The smallest absolute Gasteiger partial charge is 0.193 e. The molecule has 0 aliphatic rings. The fourth-order valence-electron chi connectivity index (χ4n) is 2.32. The van der Waals surface area contributed by atoms with E-state index < -0.39 is 0 Å². The quantitative estimate of drug-likeness (QED) is 0.510. The number of aliphatic imine (C=N–C) groups is 1. The number of nitrogens with one attached hydrogen (secondary N) is 1. The fourth-order valence-corrected chi connectivity index (χ4v) is 3.19. The molecule has 0 aliphatic carbocycles. The summed E-state index contributed by atoms with van der Waals surface area (Å²) >= 11 is 1.70. The predicted octanol–water partition coefficient (Wildman–Crippen LogP) is 4.03. The molecule has 142 valence electrons. The number of guanidine groups is 1. The molecule has 0 bridgehead atoms. The van der Waals surface area contributed by atoms with Gasteiger partial charge in [-0.3, -0.25) is 4.99 Å². The summed E-state index contributed by atoms with van der Waals surface area (Å²) in [7, 11) is 0. The van der Waals surface area contributed by atoms with Gasteiger partial charge < -0.3 is 20.5 Å². The van der Waals surface area contributed by atoms with Crippen LogP contribution in [0.15, 0.2) is 28.6 Å². The SMILES string of the molecule is CCOc1ccc(OCC)c(NC(N)=NCCc2csc(C(C)C)n2)c1. The summed E-state index contributed by atoms with van der Waals surface area (Å²) in [5.74, 6) is 2.28. The van der Waals surface area contributed by atoms with Crippen molar-refractivity contribution >= 4 is 23.0 Å². The van der Waals surface area contributed by atoms with Crippen molar-refractivity contribution in [3.8, 4) is 11.5 Å². The number of ether oxygens (including phenoxy) is 2. The van der Waals surface area contributed by atoms with Gasteiger partial charge in [0.05, 0.1) is 29.6 Å². The monoisotopic (exact) mass is 376 g/mol. The highest BCUT2D eigenvalue weighted by Gasteiger charge is 2.08. The Labute approximate surface area is 159 Å². The summed E-state index contributed by atoms with van der Waals surface area (Å²) in [6.45, 7) is 9.93. The Morgan fingerprint density at radius 1 is 1.27 bits per heavy atom. The lowest BCUT2D eigenvalue weighted by Crippen LogP contribution is -2.23. The largest absolute Gasteiger partial charge is 0.494 e. The lowest BCUT2D eigenvalue weighted by Gasteiger charge is -2.13. The van der Waals surface area contributed by atoms with Gasteiger partial charge in [0.25, 0.3) is 0 Å². The fraction of sp³-hybridized carbons (Fsp3) is 0.474. The van der Waals surface area contributed by atoms with E-state index in [-0.39, 0.29) is 0 Å². The molecule has 0 aliphatic heterocycles. The molecule has 0 amide bonds. The molecule has 2 rings (SSSR count). The first-order chi connectivity index (χ1) is 12.5. The number of rotatable bonds is 9. The van der Waals surface area contributed by atoms with E-state index in [1.807, 2.05) is 32.0 Å². The first-order valence-corrected chi connectivity index (χ1v) is 9.82. The Morgan fingerprint density at radius 2 is 2.04 bits per heavy atom. The number of aromatic nitrogens is 1. The average Bonchev–Trinajstić information content (AvgIpc) is 3.07. The van der Waals surface area contributed by atoms with Crippen LogP contribution in [0.25, 0.3) is 0 Å². The van der Waals surface area contributed by atoms with Crippen LogP contribution >= 0.6 is 11.3 Å². The minimum absolute atomic E-state index is 0.346. The zero-order chi connectivity index (χ0) is 18.9. The van der Waals surface area contributed by atoms with Gasteiger partial charge in [-0.15, -0.1) is 11.3 Å². The molecule has 0 atom stereocenters. The van der Waals surface area contributed by atoms with Gasteiger partial charge in [0.15, 0.2) is 5.96 Å². The van der Waals surface area contributed by atoms with Crippen LogP contribution in [0, 0.1) is 0 Å². The molecular weight excluding hydrogens is 348 g/mol. The van der Waals surface area contributed by atoms with Crippen molar-refractivity contribution in [2.45, 2.75) is 40.0 Å². The minimum Gasteiger partial charge on any atom is -0.494 e. The van der Waals surface area contributed by atoms with Crippen molar-refractivity contribution in [1.29, 1.82) is 0 Å². The van der Waals surface area contributed by atoms with Gasteiger partial charge in [0.1, 0.15) is 11.5 Å². The van der Waals surface area contributed by atoms with Crippen LogP contribution in [0.3, 0.4) is 0 Å². The number of thiazole rings is 1. The first kappa shape index (κ1) is 20.0. The maximum Gasteiger partial charge on any atom is 0.193 e. The molecule has 6 nitrogen and oxygen atoms in total. The van der Waals surface area contributed by atoms with Crippen LogP contribution in [0.5, 0.6) is 11.5 Å². The molecule has 1 aromatic carbocycles. The van der Waals surface area contributed by atoms with Crippen molar-refractivity contribution in [3.05, 3.63) is 34.3 Å². The molecule has 0 spiro atoms. The molecule has 1 aromatic heterocycles. The molecule has 3 N–H and O–H groups in total. The topological polar surface area (TPSA) is 81.8 Å². The van der Waals surface area contributed by atoms with E-state index in [0.717, 1.165) is 34.3 Å². The molecule has 2 aromatic rings. The van der Waals surface area contributed by atoms with E-state index in [4.69, 9.17) is 15.2 Å². The van der Waals surface area contributed by atoms with Crippen LogP contribution in [-0.4, -0.2) is 30.7 Å². The molecule has 0 radical (unpaired) electrons. The number of hydrogen-bond donors (Lipinski definition) is 2. The van der Waals surface area contributed by atoms with Crippen LogP contribution in [0.4, 0.5) is 5.69 Å². The van der Waals surface area contributed by atoms with Gasteiger partial charge >= 0.3 is 0 Å². The van der Waals surface area contributed by atoms with Crippen molar-refractivity contribution in [2.24, 2.45) is 10.7 Å². The van der Waals surface area contributed by atoms with Gasteiger partial charge in [-0.2, -0.15) is 0 Å². The Bertz CT molecular complexity index is 728. The summed E-state index contributed by atoms with van der Waals surface area (Å²) < 4.78 is 11.2. The zero-order valence-electron chi connectivity index (χ0n) is 15.9. The maximum absolute atomic E-state index is 6.04. The van der Waals surface area contributed by atoms with Crippen molar-refractivity contribution < 1.29 is 9.47 Å². The summed E-state index contributed by atoms with van der Waals surface area (Å²) in [5.41, 5.74) is 7.84. The van der Waals surface area contributed by atoms with Gasteiger partial charge in [-0.25, -0.2) is 4.98 Å². The van der Waals surface area contributed by atoms with E-state index in [9.17, 15) is 0 Å². The Balaban J connectivity index is 1.99. The zero-order valence-corrected chi connectivity index (χ0v) is 16.7. The normalized spacial score (nSPS) is 11.7. The number of hydrogen-bond acceptors (Lipinski definition) is 5. The lowest BCUT2D eigenvalue weighted by molar-refractivity contribution is 0.332. The third kappa shape index (κ3) is 5.91. The molecule has 26 heavy (non-hydrogen) atoms. The Kier molecular flexibility index (Phi) is 7.72. The van der Waals surface area contributed by atoms with E-state index in [2.05, 4.69) is 34.5 Å². The highest BCUT2D eigenvalue weighted by molar-refractivity contribution is 7.09. The van der Waals surface area contributed by atoms with Crippen molar-refractivity contribution in [1.82, 2.24) is 4.98 Å². The highest BCUT2D eigenvalue weighted by atomic mass is 32.1. The summed E-state index contributed by atoms with van der Waals surface area (Å²) in [4.78, 5) is 9.01. The molecule has 0 fully saturated rings. The third-order valence-corrected chi connectivity index (χ3v) is 4.73. The van der Waals surface area contributed by atoms with Gasteiger partial charge in [-0.1, -0.05) is 13.8 Å². The molecule has 0 unspecified atom stereocenters. The van der Waals surface area contributed by atoms with E-state index in [1.165, 1.54) is 0 Å². The number of nitrogens with two attached hydrogens (primary N) is 1. The van der Waals surface area contributed by atoms with Crippen LogP contribution in [0.2, 0.25) is 0 Å². The van der Waals surface area contributed by atoms with Crippen LogP contribution in [0.1, 0.15) is 44.3 Å². The van der Waals surface area contributed by atoms with Crippen LogP contribution < -0.4 is 20.5 Å². The second-order valence-corrected chi connectivity index (χ2v) is 6.89. The molecule has 1 heterocycles. The van der Waals surface area contributed by atoms with Crippen molar-refractivity contribution in [3.63, 3.8) is 0 Å². The molecular formula is C19H28N4O2S. The number of anilines is 1. The lowest BCUT2D eigenvalue weighted by atomic mass is 10.2. The standard InChI is InChI=1S/C19H28N4O2S/c1-5-24-15-7-8-17(25-6-2)16(11-15)23-19(20)21-10-9-14-12-26-18(22-14)13(3)4/h7-8,11-13H,5-6,9-10H2,1-4H3,(H3,20,21,23). The van der Waals surface area contributed by atoms with Crippen LogP contribution in [-0.2, 0) is 6.42 Å². The Morgan fingerprint density at radius 3 is 2.69 bits per heavy atom. The summed E-state index contributed by atoms with van der Waals surface area (Å²) in [6.07, 6.45) is 0.767. The van der Waals surface area contributed by atoms with Gasteiger partial charge in [-0.05, 0) is 26.0 Å². The molecule has 7 heteroatoms. The predicted molar refractivity (Wildman–Crippen MR) is 109 cm³/mol. The average molecular weight is 377 g/mol. The second-order valence-electron chi connectivity index (χ2n) is 6.00. The second kappa shape index (κ2) is 10.0. The van der Waals surface area contributed by atoms with E-state index in [0.29, 0.717) is 31.6 Å². The van der Waals surface area contributed by atoms with Gasteiger partial charge in [0.2, 0.25) is 0 Å². The van der Waals surface area contributed by atoms with Gasteiger partial charge in [0, 0.05) is 30.3 Å². The molecule has 0 saturated heterocycles. The van der Waals surface area contributed by atoms with E-state index >= 15 is 0 Å². The summed E-state index contributed by atoms with van der Waals surface area (Å²) in [5, 5.41) is 6.36. The van der Waals surface area contributed by atoms with Crippen molar-refractivity contribution in [2.75, 3.05) is 25.1 Å². The third-order valence-electron chi connectivity index (χ3n) is 3.54. The number of benzene rings is 1. The summed E-state index contributed by atoms with van der Waals surface area (Å²) in [6, 6.07) is 5.61. The first-order valence-electron chi connectivity index (χ1n) is 8.94. The molecule has 0 saturated carbocycles. The maximum atomic E-state index is 6.04.